The Kier molecular flexibility index (Phi) is 5.83. The molecule has 0 bridgehead atoms. The molecule has 0 aliphatic heterocycles. The van der Waals surface area contributed by atoms with E-state index in [1.165, 1.54) is 49.7 Å². The predicted molar refractivity (Wildman–Crippen MR) is 109 cm³/mol. The largest absolute Gasteiger partial charge is 0.0683 e. The van der Waals surface area contributed by atoms with Gasteiger partial charge in [0.1, 0.15) is 0 Å². The molecule has 0 aromatic heterocycles. The number of benzene rings is 3. The molecule has 1 aliphatic rings. The summed E-state index contributed by atoms with van der Waals surface area (Å²) >= 11 is 0. The van der Waals surface area contributed by atoms with Crippen LogP contribution in [0.3, 0.4) is 0 Å². The van der Waals surface area contributed by atoms with Gasteiger partial charge in [-0.1, -0.05) is 81.3 Å². The van der Waals surface area contributed by atoms with Crippen molar-refractivity contribution in [2.24, 2.45) is 0 Å². The molecule has 0 atom stereocenters. The minimum Gasteiger partial charge on any atom is -0.0683 e. The van der Waals surface area contributed by atoms with E-state index < -0.39 is 0 Å². The third-order valence-corrected chi connectivity index (χ3v) is 4.50. The lowest BCUT2D eigenvalue weighted by Crippen LogP contribution is -1.88. The van der Waals surface area contributed by atoms with Crippen LogP contribution in [0.1, 0.15) is 55.5 Å². The van der Waals surface area contributed by atoms with Gasteiger partial charge in [0.2, 0.25) is 0 Å². The molecule has 3 aromatic rings. The summed E-state index contributed by atoms with van der Waals surface area (Å²) in [5, 5.41) is 2.81. The van der Waals surface area contributed by atoms with Crippen molar-refractivity contribution < 1.29 is 0 Å². The molecule has 1 aliphatic carbocycles. The average Bonchev–Trinajstić information content (AvgIpc) is 2.95. The SMILES string of the molecule is CC.CC.Cc1ccc2c(c1)-c1c(cc(C)c3ccc(C)cc13)C2. The molecule has 0 spiro atoms. The smallest absolute Gasteiger partial charge is 0.00131 e. The Morgan fingerprint density at radius 3 is 1.96 bits per heavy atom. The van der Waals surface area contributed by atoms with Crippen LogP contribution in [0.2, 0.25) is 0 Å². The van der Waals surface area contributed by atoms with E-state index in [4.69, 9.17) is 0 Å². The van der Waals surface area contributed by atoms with Crippen molar-refractivity contribution in [3.05, 3.63) is 70.3 Å². The van der Waals surface area contributed by atoms with Crippen LogP contribution in [0, 0.1) is 20.8 Å². The summed E-state index contributed by atoms with van der Waals surface area (Å²) in [6.45, 7) is 14.6. The van der Waals surface area contributed by atoms with Crippen molar-refractivity contribution in [1.29, 1.82) is 0 Å². The van der Waals surface area contributed by atoms with Gasteiger partial charge < -0.3 is 0 Å². The zero-order chi connectivity index (χ0) is 17.9. The maximum Gasteiger partial charge on any atom is -0.00131 e. The molecular weight excluding hydrogens is 288 g/mol. The summed E-state index contributed by atoms with van der Waals surface area (Å²) in [7, 11) is 0. The normalized spacial score (nSPS) is 11.0. The predicted octanol–water partition coefficient (Wildman–Crippen LogP) is 7.39. The lowest BCUT2D eigenvalue weighted by Gasteiger charge is -2.11. The molecule has 0 unspecified atom stereocenters. The minimum absolute atomic E-state index is 1.08. The second kappa shape index (κ2) is 7.66. The van der Waals surface area contributed by atoms with Crippen molar-refractivity contribution in [2.75, 3.05) is 0 Å². The van der Waals surface area contributed by atoms with Crippen molar-refractivity contribution in [3.8, 4) is 11.1 Å². The van der Waals surface area contributed by atoms with Gasteiger partial charge in [0.05, 0.1) is 0 Å². The molecular formula is C24H30. The van der Waals surface area contributed by atoms with Gasteiger partial charge in [-0.05, 0) is 65.8 Å². The van der Waals surface area contributed by atoms with Gasteiger partial charge in [-0.2, -0.15) is 0 Å². The molecule has 4 rings (SSSR count). The van der Waals surface area contributed by atoms with Crippen LogP contribution in [0.25, 0.3) is 21.9 Å². The van der Waals surface area contributed by atoms with Crippen LogP contribution in [0.5, 0.6) is 0 Å². The van der Waals surface area contributed by atoms with Crippen LogP contribution in [0.4, 0.5) is 0 Å². The highest BCUT2D eigenvalue weighted by molar-refractivity contribution is 6.03. The van der Waals surface area contributed by atoms with Crippen LogP contribution >= 0.6 is 0 Å². The highest BCUT2D eigenvalue weighted by atomic mass is 14.2. The Hall–Kier alpha value is -2.08. The fourth-order valence-electron chi connectivity index (χ4n) is 3.53. The molecule has 0 heterocycles. The van der Waals surface area contributed by atoms with Gasteiger partial charge in [-0.15, -0.1) is 0 Å². The average molecular weight is 319 g/mol. The van der Waals surface area contributed by atoms with Gasteiger partial charge in [-0.3, -0.25) is 0 Å². The van der Waals surface area contributed by atoms with E-state index in [-0.39, 0.29) is 0 Å². The van der Waals surface area contributed by atoms with E-state index in [2.05, 4.69) is 63.2 Å². The Balaban J connectivity index is 0.000000487. The quantitative estimate of drug-likeness (QED) is 0.317. The van der Waals surface area contributed by atoms with E-state index in [1.54, 1.807) is 0 Å². The maximum atomic E-state index is 2.38. The molecule has 0 radical (unpaired) electrons. The van der Waals surface area contributed by atoms with E-state index >= 15 is 0 Å². The molecule has 126 valence electrons. The number of aryl methyl sites for hydroxylation is 3. The van der Waals surface area contributed by atoms with Crippen LogP contribution in [0.15, 0.2) is 42.5 Å². The first-order valence-corrected chi connectivity index (χ1v) is 9.26. The molecule has 3 aromatic carbocycles. The summed E-state index contributed by atoms with van der Waals surface area (Å²) in [6, 6.07) is 16.1. The number of rotatable bonds is 0. The zero-order valence-electron chi connectivity index (χ0n) is 16.2. The Bertz CT molecular complexity index is 854. The standard InChI is InChI=1S/C20H18.2C2H6/c1-12-4-6-15-11-16-10-14(3)17-7-5-13(2)9-19(17)20(16)18(15)8-12;2*1-2/h4-10H,11H2,1-3H3;2*1-2H3. The second-order valence-electron chi connectivity index (χ2n) is 6.11. The first-order chi connectivity index (χ1) is 11.6. The Morgan fingerprint density at radius 1 is 0.625 bits per heavy atom. The van der Waals surface area contributed by atoms with Gasteiger partial charge in [0, 0.05) is 0 Å². The van der Waals surface area contributed by atoms with E-state index in [1.807, 2.05) is 27.7 Å². The van der Waals surface area contributed by atoms with Crippen LogP contribution < -0.4 is 0 Å². The van der Waals surface area contributed by atoms with Crippen molar-refractivity contribution in [2.45, 2.75) is 54.9 Å². The third-order valence-electron chi connectivity index (χ3n) is 4.50. The minimum atomic E-state index is 1.08. The third kappa shape index (κ3) is 3.11. The summed E-state index contributed by atoms with van der Waals surface area (Å²) in [5.41, 5.74) is 9.94. The van der Waals surface area contributed by atoms with Crippen LogP contribution in [-0.4, -0.2) is 0 Å². The molecule has 0 fully saturated rings. The molecule has 0 saturated heterocycles. The maximum absolute atomic E-state index is 2.38. The molecule has 0 N–H and O–H groups in total. The number of hydrogen-bond donors (Lipinski definition) is 0. The lowest BCUT2D eigenvalue weighted by molar-refractivity contribution is 1.25. The van der Waals surface area contributed by atoms with Gasteiger partial charge in [0.25, 0.3) is 0 Å². The first-order valence-electron chi connectivity index (χ1n) is 9.26. The lowest BCUT2D eigenvalue weighted by atomic mass is 9.93. The van der Waals surface area contributed by atoms with Crippen LogP contribution in [-0.2, 0) is 6.42 Å². The fourth-order valence-corrected chi connectivity index (χ4v) is 3.53. The Morgan fingerprint density at radius 2 is 1.25 bits per heavy atom. The van der Waals surface area contributed by atoms with Gasteiger partial charge >= 0.3 is 0 Å². The van der Waals surface area contributed by atoms with Crippen molar-refractivity contribution in [3.63, 3.8) is 0 Å². The summed E-state index contributed by atoms with van der Waals surface area (Å²) in [6.07, 6.45) is 1.08. The highest BCUT2D eigenvalue weighted by Crippen LogP contribution is 2.43. The zero-order valence-corrected chi connectivity index (χ0v) is 16.2. The number of hydrogen-bond acceptors (Lipinski definition) is 0. The van der Waals surface area contributed by atoms with E-state index in [9.17, 15) is 0 Å². The molecule has 0 amide bonds. The summed E-state index contributed by atoms with van der Waals surface area (Å²) in [5.74, 6) is 0. The number of fused-ring (bicyclic) bond motifs is 5. The summed E-state index contributed by atoms with van der Waals surface area (Å²) < 4.78 is 0. The first kappa shape index (κ1) is 18.3. The van der Waals surface area contributed by atoms with Gasteiger partial charge in [-0.25, -0.2) is 0 Å². The van der Waals surface area contributed by atoms with Crippen molar-refractivity contribution >= 4 is 10.8 Å². The Labute approximate surface area is 147 Å². The monoisotopic (exact) mass is 318 g/mol. The van der Waals surface area contributed by atoms with Gasteiger partial charge in [0.15, 0.2) is 0 Å². The molecule has 0 saturated carbocycles. The second-order valence-corrected chi connectivity index (χ2v) is 6.11. The molecule has 0 nitrogen and oxygen atoms in total. The highest BCUT2D eigenvalue weighted by Gasteiger charge is 2.21. The molecule has 24 heavy (non-hydrogen) atoms. The fraction of sp³-hybridized carbons (Fsp3) is 0.333. The topological polar surface area (TPSA) is 0 Å². The molecule has 0 heteroatoms. The van der Waals surface area contributed by atoms with E-state index in [0.29, 0.717) is 0 Å². The van der Waals surface area contributed by atoms with E-state index in [0.717, 1.165) is 6.42 Å². The summed E-state index contributed by atoms with van der Waals surface area (Å²) in [4.78, 5) is 0. The van der Waals surface area contributed by atoms with Crippen molar-refractivity contribution in [1.82, 2.24) is 0 Å².